The third-order valence-electron chi connectivity index (χ3n) is 2.84. The van der Waals surface area contributed by atoms with Crippen LogP contribution >= 0.6 is 0 Å². The summed E-state index contributed by atoms with van der Waals surface area (Å²) in [5.41, 5.74) is 0. The van der Waals surface area contributed by atoms with Crippen LogP contribution in [0, 0.1) is 5.92 Å². The van der Waals surface area contributed by atoms with Crippen LogP contribution in [0.2, 0.25) is 0 Å². The van der Waals surface area contributed by atoms with Gasteiger partial charge in [0.1, 0.15) is 0 Å². The van der Waals surface area contributed by atoms with E-state index in [2.05, 4.69) is 29.4 Å². The predicted octanol–water partition coefficient (Wildman–Crippen LogP) is 0.441. The summed E-state index contributed by atoms with van der Waals surface area (Å²) >= 11 is 0. The number of carbonyl (C=O) groups excluding carboxylic acids is 1. The topological polar surface area (TPSA) is 44.4 Å². The summed E-state index contributed by atoms with van der Waals surface area (Å²) in [5.74, 6) is 0.583. The maximum absolute atomic E-state index is 11.7. The third-order valence-corrected chi connectivity index (χ3v) is 2.84. The summed E-state index contributed by atoms with van der Waals surface area (Å²) in [6.45, 7) is 5.64. The van der Waals surface area contributed by atoms with Gasteiger partial charge in [-0.2, -0.15) is 0 Å². The van der Waals surface area contributed by atoms with Gasteiger partial charge in [0.15, 0.2) is 0 Å². The van der Waals surface area contributed by atoms with Gasteiger partial charge < -0.3 is 15.5 Å². The van der Waals surface area contributed by atoms with Crippen LogP contribution in [0.25, 0.3) is 0 Å². The number of nitrogens with zero attached hydrogens (tertiary/aromatic N) is 1. The van der Waals surface area contributed by atoms with Gasteiger partial charge in [-0.25, -0.2) is 0 Å². The van der Waals surface area contributed by atoms with Crippen molar-refractivity contribution in [3.63, 3.8) is 0 Å². The fraction of sp³-hybridized carbons (Fsp3) is 0.917. The molecule has 1 aliphatic carbocycles. The third kappa shape index (κ3) is 5.47. The summed E-state index contributed by atoms with van der Waals surface area (Å²) in [6.07, 6.45) is 2.44. The summed E-state index contributed by atoms with van der Waals surface area (Å²) < 4.78 is 0. The Bertz CT molecular complexity index is 224. The van der Waals surface area contributed by atoms with Gasteiger partial charge in [-0.05, 0) is 32.9 Å². The Balaban J connectivity index is 2.25. The first-order valence-corrected chi connectivity index (χ1v) is 6.16. The molecule has 0 radical (unpaired) electrons. The van der Waals surface area contributed by atoms with Crippen LogP contribution in [0.1, 0.15) is 26.7 Å². The van der Waals surface area contributed by atoms with E-state index >= 15 is 0 Å². The Morgan fingerprint density at radius 3 is 2.44 bits per heavy atom. The van der Waals surface area contributed by atoms with Gasteiger partial charge in [-0.1, -0.05) is 13.8 Å². The fourth-order valence-electron chi connectivity index (χ4n) is 1.60. The van der Waals surface area contributed by atoms with Crippen LogP contribution in [-0.4, -0.2) is 50.1 Å². The highest BCUT2D eigenvalue weighted by molar-refractivity contribution is 5.78. The molecule has 4 nitrogen and oxygen atoms in total. The summed E-state index contributed by atoms with van der Waals surface area (Å²) in [6, 6.07) is 0.834. The zero-order valence-electron chi connectivity index (χ0n) is 10.9. The second kappa shape index (κ2) is 6.21. The van der Waals surface area contributed by atoms with E-state index < -0.39 is 0 Å². The first-order valence-electron chi connectivity index (χ1n) is 6.16. The zero-order valence-corrected chi connectivity index (χ0v) is 10.9. The molecule has 0 heterocycles. The first-order chi connectivity index (χ1) is 7.49. The molecule has 1 atom stereocenters. The molecule has 1 rings (SSSR count). The molecule has 0 aromatic carbocycles. The normalized spacial score (nSPS) is 17.9. The van der Waals surface area contributed by atoms with Crippen molar-refractivity contribution in [2.24, 2.45) is 5.92 Å². The molecule has 4 heteroatoms. The second-order valence-corrected chi connectivity index (χ2v) is 5.34. The minimum atomic E-state index is 0.118. The molecule has 0 aromatic heterocycles. The number of carbonyl (C=O) groups is 1. The Morgan fingerprint density at radius 1 is 1.38 bits per heavy atom. The molecule has 94 valence electrons. The lowest BCUT2D eigenvalue weighted by Gasteiger charge is -2.25. The van der Waals surface area contributed by atoms with Gasteiger partial charge in [0.25, 0.3) is 0 Å². The monoisotopic (exact) mass is 227 g/mol. The maximum atomic E-state index is 11.7. The van der Waals surface area contributed by atoms with Crippen molar-refractivity contribution in [2.75, 3.05) is 27.2 Å². The smallest absolute Gasteiger partial charge is 0.234 e. The Hall–Kier alpha value is -0.610. The molecule has 1 saturated carbocycles. The van der Waals surface area contributed by atoms with Crippen LogP contribution in [-0.2, 0) is 4.79 Å². The molecular formula is C12H25N3O. The summed E-state index contributed by atoms with van der Waals surface area (Å²) in [7, 11) is 4.06. The standard InChI is InChI=1S/C12H25N3O/c1-9(2)11(8-15(3)4)14-12(16)7-13-10-5-6-10/h9-11,13H,5-8H2,1-4H3,(H,14,16). The molecule has 1 aliphatic rings. The minimum absolute atomic E-state index is 0.118. The highest BCUT2D eigenvalue weighted by Gasteiger charge is 2.22. The van der Waals surface area contributed by atoms with Gasteiger partial charge in [0.05, 0.1) is 6.54 Å². The Labute approximate surface area is 98.8 Å². The van der Waals surface area contributed by atoms with Crippen LogP contribution < -0.4 is 10.6 Å². The van der Waals surface area contributed by atoms with E-state index in [1.807, 2.05) is 14.1 Å². The average molecular weight is 227 g/mol. The van der Waals surface area contributed by atoms with Gasteiger partial charge in [-0.3, -0.25) is 4.79 Å². The van der Waals surface area contributed by atoms with Gasteiger partial charge >= 0.3 is 0 Å². The largest absolute Gasteiger partial charge is 0.351 e. The highest BCUT2D eigenvalue weighted by Crippen LogP contribution is 2.17. The molecule has 0 bridgehead atoms. The lowest BCUT2D eigenvalue weighted by atomic mass is 10.0. The van der Waals surface area contributed by atoms with Gasteiger partial charge in [-0.15, -0.1) is 0 Å². The highest BCUT2D eigenvalue weighted by atomic mass is 16.2. The van der Waals surface area contributed by atoms with Crippen LogP contribution in [0.3, 0.4) is 0 Å². The molecule has 0 spiro atoms. The van der Waals surface area contributed by atoms with E-state index in [1.54, 1.807) is 0 Å². The van der Waals surface area contributed by atoms with Crippen molar-refractivity contribution in [3.05, 3.63) is 0 Å². The molecule has 0 aliphatic heterocycles. The van der Waals surface area contributed by atoms with E-state index in [0.29, 0.717) is 18.5 Å². The van der Waals surface area contributed by atoms with E-state index in [1.165, 1.54) is 12.8 Å². The lowest BCUT2D eigenvalue weighted by molar-refractivity contribution is -0.121. The molecule has 1 fully saturated rings. The molecule has 16 heavy (non-hydrogen) atoms. The zero-order chi connectivity index (χ0) is 12.1. The van der Waals surface area contributed by atoms with Crippen LogP contribution in [0.15, 0.2) is 0 Å². The molecule has 1 amide bonds. The number of nitrogens with one attached hydrogen (secondary N) is 2. The van der Waals surface area contributed by atoms with E-state index in [0.717, 1.165) is 6.54 Å². The van der Waals surface area contributed by atoms with Crippen molar-refractivity contribution < 1.29 is 4.79 Å². The molecule has 0 aromatic rings. The van der Waals surface area contributed by atoms with Crippen molar-refractivity contribution in [1.29, 1.82) is 0 Å². The van der Waals surface area contributed by atoms with Gasteiger partial charge in [0, 0.05) is 18.6 Å². The van der Waals surface area contributed by atoms with Gasteiger partial charge in [0.2, 0.25) is 5.91 Å². The molecular weight excluding hydrogens is 202 g/mol. The van der Waals surface area contributed by atoms with Crippen molar-refractivity contribution in [1.82, 2.24) is 15.5 Å². The van der Waals surface area contributed by atoms with E-state index in [4.69, 9.17) is 0 Å². The van der Waals surface area contributed by atoms with E-state index in [9.17, 15) is 4.79 Å². The summed E-state index contributed by atoms with van der Waals surface area (Å²) in [5, 5.41) is 6.32. The fourth-order valence-corrected chi connectivity index (χ4v) is 1.60. The predicted molar refractivity (Wildman–Crippen MR) is 66.3 cm³/mol. The number of hydrogen-bond donors (Lipinski definition) is 2. The second-order valence-electron chi connectivity index (χ2n) is 5.34. The SMILES string of the molecule is CC(C)C(CN(C)C)NC(=O)CNC1CC1. The van der Waals surface area contributed by atoms with Crippen molar-refractivity contribution in [2.45, 2.75) is 38.8 Å². The van der Waals surface area contributed by atoms with Crippen LogP contribution in [0.5, 0.6) is 0 Å². The van der Waals surface area contributed by atoms with Crippen molar-refractivity contribution >= 4 is 5.91 Å². The Kier molecular flexibility index (Phi) is 5.22. The van der Waals surface area contributed by atoms with Crippen molar-refractivity contribution in [3.8, 4) is 0 Å². The molecule has 2 N–H and O–H groups in total. The number of amides is 1. The minimum Gasteiger partial charge on any atom is -0.351 e. The molecule has 1 unspecified atom stereocenters. The number of rotatable bonds is 7. The number of likely N-dealkylation sites (N-methyl/N-ethyl adjacent to an activating group) is 1. The summed E-state index contributed by atoms with van der Waals surface area (Å²) in [4.78, 5) is 13.8. The Morgan fingerprint density at radius 2 is 2.00 bits per heavy atom. The quantitative estimate of drug-likeness (QED) is 0.663. The maximum Gasteiger partial charge on any atom is 0.234 e. The first kappa shape index (κ1) is 13.5. The number of hydrogen-bond acceptors (Lipinski definition) is 3. The molecule has 0 saturated heterocycles. The van der Waals surface area contributed by atoms with Crippen LogP contribution in [0.4, 0.5) is 0 Å². The lowest BCUT2D eigenvalue weighted by Crippen LogP contribution is -2.47. The van der Waals surface area contributed by atoms with E-state index in [-0.39, 0.29) is 11.9 Å². The average Bonchev–Trinajstić information content (AvgIpc) is 2.96.